The van der Waals surface area contributed by atoms with Crippen LogP contribution < -0.4 is 5.32 Å². The summed E-state index contributed by atoms with van der Waals surface area (Å²) in [5, 5.41) is 4.16. The number of nitrogens with zero attached hydrogens (tertiary/aromatic N) is 1. The normalized spacial score (nSPS) is 15.3. The molecule has 1 saturated heterocycles. The number of piperidine rings is 1. The first kappa shape index (κ1) is 20.6. The van der Waals surface area contributed by atoms with Crippen LogP contribution in [0.25, 0.3) is 0 Å². The largest absolute Gasteiger partial charge is 0.342 e. The van der Waals surface area contributed by atoms with Gasteiger partial charge in [-0.2, -0.15) is 0 Å². The Morgan fingerprint density at radius 3 is 2.78 bits per heavy atom. The molecule has 0 atom stereocenters. The zero-order valence-electron chi connectivity index (χ0n) is 13.6. The topological polar surface area (TPSA) is 32.3 Å². The molecule has 6 heteroatoms. The molecule has 0 aliphatic carbocycles. The highest BCUT2D eigenvalue weighted by Gasteiger charge is 2.22. The Balaban J connectivity index is 0.00000264. The van der Waals surface area contributed by atoms with Crippen molar-refractivity contribution >= 4 is 41.7 Å². The summed E-state index contributed by atoms with van der Waals surface area (Å²) >= 11 is 7.64. The number of likely N-dealkylation sites (tertiary alicyclic amines) is 1. The summed E-state index contributed by atoms with van der Waals surface area (Å²) in [6, 6.07) is 7.84. The number of thioether (sulfide) groups is 1. The maximum atomic E-state index is 12.2. The van der Waals surface area contributed by atoms with Gasteiger partial charge < -0.3 is 10.2 Å². The number of benzene rings is 1. The molecule has 3 nitrogen and oxygen atoms in total. The summed E-state index contributed by atoms with van der Waals surface area (Å²) in [6.45, 7) is 6.07. The van der Waals surface area contributed by atoms with E-state index in [9.17, 15) is 4.79 Å². The fraction of sp³-hybridized carbons (Fsp3) is 0.588. The lowest BCUT2D eigenvalue weighted by Crippen LogP contribution is -2.41. The Morgan fingerprint density at radius 1 is 1.39 bits per heavy atom. The van der Waals surface area contributed by atoms with Crippen molar-refractivity contribution in [2.45, 2.75) is 25.5 Å². The van der Waals surface area contributed by atoms with Gasteiger partial charge >= 0.3 is 0 Å². The average molecular weight is 377 g/mol. The van der Waals surface area contributed by atoms with Crippen LogP contribution in [0.2, 0.25) is 5.02 Å². The Hall–Kier alpha value is -0.420. The molecular formula is C17H26Cl2N2OS. The van der Waals surface area contributed by atoms with Gasteiger partial charge in [-0.3, -0.25) is 4.79 Å². The van der Waals surface area contributed by atoms with Crippen LogP contribution in [0.15, 0.2) is 24.3 Å². The first-order chi connectivity index (χ1) is 10.7. The van der Waals surface area contributed by atoms with Crippen molar-refractivity contribution in [1.29, 1.82) is 0 Å². The van der Waals surface area contributed by atoms with Gasteiger partial charge in [0.2, 0.25) is 5.91 Å². The Kier molecular flexibility index (Phi) is 10.0. The van der Waals surface area contributed by atoms with Gasteiger partial charge in [-0.05, 0) is 49.5 Å². The fourth-order valence-electron chi connectivity index (χ4n) is 2.71. The van der Waals surface area contributed by atoms with E-state index in [1.165, 1.54) is 5.56 Å². The number of rotatable bonds is 7. The smallest absolute Gasteiger partial charge is 0.232 e. The SMILES string of the molecule is CCNCC1CCN(C(=O)CSCc2cccc(Cl)c2)CC1.Cl. The summed E-state index contributed by atoms with van der Waals surface area (Å²) < 4.78 is 0. The highest BCUT2D eigenvalue weighted by molar-refractivity contribution is 7.99. The molecule has 1 aliphatic heterocycles. The van der Waals surface area contributed by atoms with Crippen molar-refractivity contribution in [3.8, 4) is 0 Å². The zero-order chi connectivity index (χ0) is 15.8. The molecule has 0 bridgehead atoms. The molecule has 1 N–H and O–H groups in total. The highest BCUT2D eigenvalue weighted by atomic mass is 35.5. The first-order valence-electron chi connectivity index (χ1n) is 7.99. The number of hydrogen-bond donors (Lipinski definition) is 1. The summed E-state index contributed by atoms with van der Waals surface area (Å²) in [5.41, 5.74) is 1.18. The van der Waals surface area contributed by atoms with E-state index in [1.54, 1.807) is 11.8 Å². The van der Waals surface area contributed by atoms with Crippen LogP contribution in [0, 0.1) is 5.92 Å². The van der Waals surface area contributed by atoms with Gasteiger partial charge in [0.05, 0.1) is 5.75 Å². The van der Waals surface area contributed by atoms with E-state index in [-0.39, 0.29) is 18.3 Å². The minimum atomic E-state index is 0. The maximum absolute atomic E-state index is 12.2. The van der Waals surface area contributed by atoms with Gasteiger partial charge in [0.25, 0.3) is 0 Å². The van der Waals surface area contributed by atoms with Crippen LogP contribution >= 0.6 is 35.8 Å². The molecule has 0 radical (unpaired) electrons. The van der Waals surface area contributed by atoms with Crippen molar-refractivity contribution in [1.82, 2.24) is 10.2 Å². The van der Waals surface area contributed by atoms with Gasteiger partial charge in [-0.1, -0.05) is 30.7 Å². The summed E-state index contributed by atoms with van der Waals surface area (Å²) in [6.07, 6.45) is 2.25. The van der Waals surface area contributed by atoms with Crippen LogP contribution in [-0.4, -0.2) is 42.7 Å². The predicted octanol–water partition coefficient (Wildman–Crippen LogP) is 3.84. The number of carbonyl (C=O) groups is 1. The molecule has 1 heterocycles. The van der Waals surface area contributed by atoms with Crippen LogP contribution in [0.4, 0.5) is 0 Å². The Bertz CT molecular complexity index is 479. The molecule has 2 rings (SSSR count). The fourth-order valence-corrected chi connectivity index (χ4v) is 3.80. The molecule has 1 aromatic rings. The van der Waals surface area contributed by atoms with E-state index in [0.29, 0.717) is 5.75 Å². The van der Waals surface area contributed by atoms with E-state index in [0.717, 1.165) is 55.7 Å². The summed E-state index contributed by atoms with van der Waals surface area (Å²) in [7, 11) is 0. The van der Waals surface area contributed by atoms with E-state index in [2.05, 4.69) is 18.3 Å². The Morgan fingerprint density at radius 2 is 2.13 bits per heavy atom. The lowest BCUT2D eigenvalue weighted by atomic mass is 9.97. The second kappa shape index (κ2) is 11.2. The maximum Gasteiger partial charge on any atom is 0.232 e. The third kappa shape index (κ3) is 7.34. The van der Waals surface area contributed by atoms with Crippen molar-refractivity contribution in [3.63, 3.8) is 0 Å². The van der Waals surface area contributed by atoms with Crippen LogP contribution in [0.5, 0.6) is 0 Å². The molecule has 130 valence electrons. The van der Waals surface area contributed by atoms with Gasteiger partial charge in [0.1, 0.15) is 0 Å². The predicted molar refractivity (Wildman–Crippen MR) is 103 cm³/mol. The zero-order valence-corrected chi connectivity index (χ0v) is 16.0. The number of halogens is 2. The minimum absolute atomic E-state index is 0. The number of hydrogen-bond acceptors (Lipinski definition) is 3. The van der Waals surface area contributed by atoms with Crippen molar-refractivity contribution in [3.05, 3.63) is 34.9 Å². The van der Waals surface area contributed by atoms with Gasteiger partial charge in [0.15, 0.2) is 0 Å². The summed E-state index contributed by atoms with van der Waals surface area (Å²) in [5.74, 6) is 2.39. The molecule has 1 amide bonds. The van der Waals surface area contributed by atoms with Gasteiger partial charge in [-0.15, -0.1) is 24.2 Å². The third-order valence-corrected chi connectivity index (χ3v) is 5.26. The molecule has 0 spiro atoms. The molecule has 23 heavy (non-hydrogen) atoms. The number of carbonyl (C=O) groups excluding carboxylic acids is 1. The van der Waals surface area contributed by atoms with E-state index < -0.39 is 0 Å². The lowest BCUT2D eigenvalue weighted by molar-refractivity contribution is -0.129. The van der Waals surface area contributed by atoms with Crippen molar-refractivity contribution < 1.29 is 4.79 Å². The van der Waals surface area contributed by atoms with E-state index in [1.807, 2.05) is 23.1 Å². The monoisotopic (exact) mass is 376 g/mol. The van der Waals surface area contributed by atoms with Crippen LogP contribution in [0.1, 0.15) is 25.3 Å². The van der Waals surface area contributed by atoms with Crippen molar-refractivity contribution in [2.75, 3.05) is 31.9 Å². The highest BCUT2D eigenvalue weighted by Crippen LogP contribution is 2.20. The first-order valence-corrected chi connectivity index (χ1v) is 9.53. The number of nitrogens with one attached hydrogen (secondary N) is 1. The Labute approximate surface area is 154 Å². The van der Waals surface area contributed by atoms with Crippen LogP contribution in [-0.2, 0) is 10.5 Å². The van der Waals surface area contributed by atoms with Crippen molar-refractivity contribution in [2.24, 2.45) is 5.92 Å². The molecule has 1 aromatic carbocycles. The quantitative estimate of drug-likeness (QED) is 0.784. The number of amides is 1. The van der Waals surface area contributed by atoms with E-state index >= 15 is 0 Å². The minimum Gasteiger partial charge on any atom is -0.342 e. The summed E-state index contributed by atoms with van der Waals surface area (Å²) in [4.78, 5) is 14.3. The van der Waals surface area contributed by atoms with E-state index in [4.69, 9.17) is 11.6 Å². The average Bonchev–Trinajstić information content (AvgIpc) is 2.53. The molecular weight excluding hydrogens is 351 g/mol. The second-order valence-corrected chi connectivity index (χ2v) is 7.18. The van der Waals surface area contributed by atoms with Crippen LogP contribution in [0.3, 0.4) is 0 Å². The standard InChI is InChI=1S/C17H25ClN2OS.ClH/c1-2-19-11-14-6-8-20(9-7-14)17(21)13-22-12-15-4-3-5-16(18)10-15;/h3-5,10,14,19H,2,6-9,11-13H2,1H3;1H. The lowest BCUT2D eigenvalue weighted by Gasteiger charge is -2.32. The van der Waals surface area contributed by atoms with Gasteiger partial charge in [0, 0.05) is 23.9 Å². The second-order valence-electron chi connectivity index (χ2n) is 5.75. The molecule has 1 fully saturated rings. The molecule has 1 aliphatic rings. The molecule has 0 saturated carbocycles. The van der Waals surface area contributed by atoms with Gasteiger partial charge in [-0.25, -0.2) is 0 Å². The third-order valence-electron chi connectivity index (χ3n) is 4.03. The molecule has 0 aromatic heterocycles. The molecule has 0 unspecified atom stereocenters.